The summed E-state index contributed by atoms with van der Waals surface area (Å²) in [6.45, 7) is 1.40. The molecule has 0 radical (unpaired) electrons. The van der Waals surface area contributed by atoms with Crippen LogP contribution >= 0.6 is 15.9 Å². The molecule has 1 aliphatic carbocycles. The fourth-order valence-electron chi connectivity index (χ4n) is 3.85. The second kappa shape index (κ2) is 7.16. The van der Waals surface area contributed by atoms with Gasteiger partial charge in [0.25, 0.3) is 0 Å². The minimum Gasteiger partial charge on any atom is -0.493 e. The maximum absolute atomic E-state index is 6.46. The predicted molar refractivity (Wildman–Crippen MR) is 106 cm³/mol. The molecule has 0 saturated carbocycles. The molecular weight excluding hydrogens is 412 g/mol. The second-order valence-electron chi connectivity index (χ2n) is 7.12. The van der Waals surface area contributed by atoms with Crippen LogP contribution in [0.1, 0.15) is 24.8 Å². The molecule has 1 fully saturated rings. The molecule has 3 heterocycles. The third-order valence-electron chi connectivity index (χ3n) is 5.29. The third kappa shape index (κ3) is 3.55. The molecular formula is C19H23BrN4O3. The summed E-state index contributed by atoms with van der Waals surface area (Å²) in [6, 6.07) is 0. The van der Waals surface area contributed by atoms with Crippen molar-refractivity contribution in [3.05, 3.63) is 45.5 Å². The monoisotopic (exact) mass is 434 g/mol. The lowest BCUT2D eigenvalue weighted by atomic mass is 9.83. The molecule has 7 nitrogen and oxygen atoms in total. The van der Waals surface area contributed by atoms with Gasteiger partial charge in [-0.15, -0.1) is 0 Å². The Balaban J connectivity index is 1.60. The number of nitrogen functional groups attached to an aromatic ring is 2. The van der Waals surface area contributed by atoms with Gasteiger partial charge in [-0.2, -0.15) is 4.98 Å². The van der Waals surface area contributed by atoms with Crippen molar-refractivity contribution >= 4 is 27.7 Å². The van der Waals surface area contributed by atoms with Crippen LogP contribution in [0, 0.1) is 5.92 Å². The maximum atomic E-state index is 6.46. The first kappa shape index (κ1) is 18.3. The zero-order valence-electron chi connectivity index (χ0n) is 15.2. The van der Waals surface area contributed by atoms with Gasteiger partial charge in [0, 0.05) is 34.7 Å². The van der Waals surface area contributed by atoms with E-state index >= 15 is 0 Å². The summed E-state index contributed by atoms with van der Waals surface area (Å²) in [5.41, 5.74) is 13.3. The van der Waals surface area contributed by atoms with Crippen LogP contribution in [0.2, 0.25) is 0 Å². The quantitative estimate of drug-likeness (QED) is 0.752. The summed E-state index contributed by atoms with van der Waals surface area (Å²) in [4.78, 5) is 8.12. The van der Waals surface area contributed by atoms with Crippen LogP contribution in [0.3, 0.4) is 0 Å². The molecule has 27 heavy (non-hydrogen) atoms. The maximum Gasteiger partial charge on any atom is 0.221 e. The molecule has 1 spiro atoms. The first-order chi connectivity index (χ1) is 13.0. The van der Waals surface area contributed by atoms with Crippen LogP contribution in [0.4, 0.5) is 11.8 Å². The van der Waals surface area contributed by atoms with Gasteiger partial charge in [0.1, 0.15) is 11.4 Å². The normalized spacial score (nSPS) is 24.0. The Labute approximate surface area is 166 Å². The SMILES string of the molecule is COC1=CC(Cc2cnc(N)nc2N)CC2=C1OC1(C=C2Br)CCOCC1. The number of hydrogen-bond donors (Lipinski definition) is 2. The van der Waals surface area contributed by atoms with Crippen molar-refractivity contribution < 1.29 is 14.2 Å². The largest absolute Gasteiger partial charge is 0.493 e. The van der Waals surface area contributed by atoms with Gasteiger partial charge < -0.3 is 25.7 Å². The zero-order valence-corrected chi connectivity index (χ0v) is 16.8. The van der Waals surface area contributed by atoms with E-state index in [1.165, 1.54) is 0 Å². The number of anilines is 2. The van der Waals surface area contributed by atoms with Gasteiger partial charge in [-0.25, -0.2) is 4.98 Å². The van der Waals surface area contributed by atoms with E-state index in [4.69, 9.17) is 25.7 Å². The smallest absolute Gasteiger partial charge is 0.221 e. The lowest BCUT2D eigenvalue weighted by Crippen LogP contribution is -2.40. The Hall–Kier alpha value is -2.06. The van der Waals surface area contributed by atoms with Crippen molar-refractivity contribution in [1.82, 2.24) is 9.97 Å². The molecule has 4 rings (SSSR count). The third-order valence-corrected chi connectivity index (χ3v) is 6.00. The van der Waals surface area contributed by atoms with Crippen molar-refractivity contribution in [2.45, 2.75) is 31.3 Å². The van der Waals surface area contributed by atoms with E-state index in [2.05, 4.69) is 38.0 Å². The summed E-state index contributed by atoms with van der Waals surface area (Å²) in [6.07, 6.45) is 9.17. The summed E-state index contributed by atoms with van der Waals surface area (Å²) < 4.78 is 18.7. The lowest BCUT2D eigenvalue weighted by Gasteiger charge is -2.41. The molecule has 1 unspecified atom stereocenters. The molecule has 1 atom stereocenters. The highest BCUT2D eigenvalue weighted by Crippen LogP contribution is 2.46. The van der Waals surface area contributed by atoms with Crippen LogP contribution in [-0.2, 0) is 20.6 Å². The molecule has 8 heteroatoms. The van der Waals surface area contributed by atoms with E-state index in [1.54, 1.807) is 13.3 Å². The second-order valence-corrected chi connectivity index (χ2v) is 7.98. The molecule has 1 aromatic heterocycles. The van der Waals surface area contributed by atoms with Crippen molar-refractivity contribution in [2.75, 3.05) is 31.8 Å². The Bertz CT molecular complexity index is 843. The number of nitrogens with zero attached hydrogens (tertiary/aromatic N) is 2. The Morgan fingerprint density at radius 1 is 1.33 bits per heavy atom. The van der Waals surface area contributed by atoms with Crippen molar-refractivity contribution in [3.63, 3.8) is 0 Å². The first-order valence-electron chi connectivity index (χ1n) is 9.01. The Morgan fingerprint density at radius 2 is 2.11 bits per heavy atom. The highest BCUT2D eigenvalue weighted by Gasteiger charge is 2.41. The van der Waals surface area contributed by atoms with Crippen LogP contribution in [0.5, 0.6) is 0 Å². The standard InChI is InChI=1S/C19H23BrN4O3/c1-25-15-8-11(6-12-10-23-18(22)24-17(12)21)7-13-14(20)9-19(27-16(13)15)2-4-26-5-3-19/h8-11H,2-7H2,1H3,(H4,21,22,23,24). The number of aromatic nitrogens is 2. The summed E-state index contributed by atoms with van der Waals surface area (Å²) in [7, 11) is 1.67. The van der Waals surface area contributed by atoms with E-state index in [-0.39, 0.29) is 17.5 Å². The van der Waals surface area contributed by atoms with Crippen molar-refractivity contribution in [1.29, 1.82) is 0 Å². The van der Waals surface area contributed by atoms with Gasteiger partial charge in [0.15, 0.2) is 11.5 Å². The molecule has 0 amide bonds. The van der Waals surface area contributed by atoms with Crippen LogP contribution in [0.25, 0.3) is 0 Å². The van der Waals surface area contributed by atoms with Gasteiger partial charge in [0.2, 0.25) is 5.95 Å². The van der Waals surface area contributed by atoms with Crippen LogP contribution < -0.4 is 11.5 Å². The number of hydrogen-bond acceptors (Lipinski definition) is 7. The zero-order chi connectivity index (χ0) is 19.0. The lowest BCUT2D eigenvalue weighted by molar-refractivity contribution is -0.0576. The van der Waals surface area contributed by atoms with Crippen LogP contribution in [-0.4, -0.2) is 35.9 Å². The van der Waals surface area contributed by atoms with E-state index < -0.39 is 0 Å². The highest BCUT2D eigenvalue weighted by molar-refractivity contribution is 9.12. The number of rotatable bonds is 3. The van der Waals surface area contributed by atoms with E-state index in [0.717, 1.165) is 46.4 Å². The van der Waals surface area contributed by atoms with Gasteiger partial charge in [-0.05, 0) is 30.9 Å². The number of ether oxygens (including phenoxy) is 3. The molecule has 1 aromatic rings. The van der Waals surface area contributed by atoms with Gasteiger partial charge in [-0.3, -0.25) is 0 Å². The molecule has 1 saturated heterocycles. The van der Waals surface area contributed by atoms with Crippen LogP contribution in [0.15, 0.2) is 39.9 Å². The predicted octanol–water partition coefficient (Wildman–Crippen LogP) is 2.85. The van der Waals surface area contributed by atoms with Gasteiger partial charge in [0.05, 0.1) is 20.3 Å². The minimum absolute atomic E-state index is 0.186. The van der Waals surface area contributed by atoms with E-state index in [9.17, 15) is 0 Å². The highest BCUT2D eigenvalue weighted by atomic mass is 79.9. The van der Waals surface area contributed by atoms with Crippen molar-refractivity contribution in [2.24, 2.45) is 5.92 Å². The Kier molecular flexibility index (Phi) is 4.86. The molecule has 144 valence electrons. The molecule has 2 aliphatic heterocycles. The average molecular weight is 435 g/mol. The van der Waals surface area contributed by atoms with Crippen molar-refractivity contribution in [3.8, 4) is 0 Å². The topological polar surface area (TPSA) is 106 Å². The molecule has 4 N–H and O–H groups in total. The van der Waals surface area contributed by atoms with E-state index in [0.29, 0.717) is 25.5 Å². The van der Waals surface area contributed by atoms with Gasteiger partial charge >= 0.3 is 0 Å². The summed E-state index contributed by atoms with van der Waals surface area (Å²) >= 11 is 3.77. The van der Waals surface area contributed by atoms with Gasteiger partial charge in [-0.1, -0.05) is 15.9 Å². The fraction of sp³-hybridized carbons (Fsp3) is 0.474. The summed E-state index contributed by atoms with van der Waals surface area (Å²) in [5, 5.41) is 0. The molecule has 0 bridgehead atoms. The average Bonchev–Trinajstić information content (AvgIpc) is 2.65. The first-order valence-corrected chi connectivity index (χ1v) is 9.81. The Morgan fingerprint density at radius 3 is 2.81 bits per heavy atom. The minimum atomic E-state index is -0.324. The molecule has 0 aromatic carbocycles. The number of nitrogens with two attached hydrogens (primary N) is 2. The number of methoxy groups -OCH3 is 1. The van der Waals surface area contributed by atoms with E-state index in [1.807, 2.05) is 0 Å². The summed E-state index contributed by atoms with van der Waals surface area (Å²) in [5.74, 6) is 2.39. The number of allylic oxidation sites excluding steroid dienone is 3. The number of halogens is 1. The molecule has 3 aliphatic rings. The fourth-order valence-corrected chi connectivity index (χ4v) is 4.61.